The van der Waals surface area contributed by atoms with Crippen molar-refractivity contribution in [2.45, 2.75) is 12.8 Å². The summed E-state index contributed by atoms with van der Waals surface area (Å²) in [7, 11) is 1.43. The van der Waals surface area contributed by atoms with Gasteiger partial charge in [-0.15, -0.1) is 0 Å². The molecule has 11 heteroatoms. The second-order valence-corrected chi connectivity index (χ2v) is 8.64. The molecule has 3 aromatic carbocycles. The summed E-state index contributed by atoms with van der Waals surface area (Å²) in [5.41, 5.74) is 0.378. The molecule has 0 saturated carbocycles. The van der Waals surface area contributed by atoms with Crippen LogP contribution in [-0.2, 0) is 22.4 Å². The summed E-state index contributed by atoms with van der Waals surface area (Å²) in [6.07, 6.45) is -3.12. The average molecular weight is 547 g/mol. The maximum Gasteiger partial charge on any atom is 0.416 e. The molecule has 3 aromatic rings. The SMILES string of the molecule is COc1ccc(C=C2C(=O)NC(=S)N(c3ccc(Cl)cc3)C2=O)cc1COc1cccc(C(F)(F)F)c1. The van der Waals surface area contributed by atoms with Crippen LogP contribution >= 0.6 is 23.8 Å². The predicted molar refractivity (Wildman–Crippen MR) is 136 cm³/mol. The van der Waals surface area contributed by atoms with Gasteiger partial charge in [0.25, 0.3) is 11.8 Å². The zero-order valence-electron chi connectivity index (χ0n) is 19.1. The minimum Gasteiger partial charge on any atom is -0.496 e. The summed E-state index contributed by atoms with van der Waals surface area (Å²) in [4.78, 5) is 27.0. The van der Waals surface area contributed by atoms with Crippen LogP contribution in [0.25, 0.3) is 6.08 Å². The molecule has 1 N–H and O–H groups in total. The molecule has 6 nitrogen and oxygen atoms in total. The number of amides is 2. The summed E-state index contributed by atoms with van der Waals surface area (Å²) in [6, 6.07) is 15.7. The molecule has 1 aliphatic rings. The fourth-order valence-electron chi connectivity index (χ4n) is 3.57. The first-order valence-electron chi connectivity index (χ1n) is 10.7. The highest BCUT2D eigenvalue weighted by Gasteiger charge is 2.34. The first kappa shape index (κ1) is 26.2. The highest BCUT2D eigenvalue weighted by molar-refractivity contribution is 7.80. The Labute approximate surface area is 220 Å². The van der Waals surface area contributed by atoms with Gasteiger partial charge >= 0.3 is 6.18 Å². The summed E-state index contributed by atoms with van der Waals surface area (Å²) in [6.45, 7) is -0.122. The molecule has 37 heavy (non-hydrogen) atoms. The first-order valence-corrected chi connectivity index (χ1v) is 11.5. The Morgan fingerprint density at radius 1 is 1.05 bits per heavy atom. The van der Waals surface area contributed by atoms with Crippen molar-refractivity contribution >= 4 is 52.5 Å². The van der Waals surface area contributed by atoms with Gasteiger partial charge < -0.3 is 9.47 Å². The van der Waals surface area contributed by atoms with E-state index in [2.05, 4.69) is 5.32 Å². The molecule has 0 atom stereocenters. The number of thiocarbonyl (C=S) groups is 1. The van der Waals surface area contributed by atoms with Gasteiger partial charge in [-0.3, -0.25) is 19.8 Å². The Morgan fingerprint density at radius 2 is 1.78 bits per heavy atom. The van der Waals surface area contributed by atoms with E-state index in [1.54, 1.807) is 42.5 Å². The third kappa shape index (κ3) is 5.92. The number of ether oxygens (including phenoxy) is 2. The minimum atomic E-state index is -4.50. The molecule has 4 rings (SSSR count). The number of carbonyl (C=O) groups excluding carboxylic acids is 2. The van der Waals surface area contributed by atoms with Crippen LogP contribution in [0.4, 0.5) is 18.9 Å². The fraction of sp³-hybridized carbons (Fsp3) is 0.115. The summed E-state index contributed by atoms with van der Waals surface area (Å²) >= 11 is 11.1. The number of nitrogens with one attached hydrogen (secondary N) is 1. The van der Waals surface area contributed by atoms with Gasteiger partial charge in [-0.2, -0.15) is 13.2 Å². The molecule has 1 aliphatic heterocycles. The van der Waals surface area contributed by atoms with Crippen molar-refractivity contribution in [1.29, 1.82) is 0 Å². The lowest BCUT2D eigenvalue weighted by Crippen LogP contribution is -2.54. The molecule has 0 unspecified atom stereocenters. The molecular weight excluding hydrogens is 529 g/mol. The van der Waals surface area contributed by atoms with Crippen molar-refractivity contribution in [2.75, 3.05) is 12.0 Å². The standard InChI is InChI=1S/C26H18ClF3N2O4S/c1-35-22-10-5-15(11-16(22)14-36-20-4-2-3-17(13-20)26(28,29)30)12-21-23(33)31-25(37)32(24(21)34)19-8-6-18(27)7-9-19/h2-13H,14H2,1H3,(H,31,33,37). The minimum absolute atomic E-state index is 0.0228. The number of nitrogens with zero attached hydrogens (tertiary/aromatic N) is 1. The molecule has 2 amide bonds. The van der Waals surface area contributed by atoms with Crippen LogP contribution in [0.1, 0.15) is 16.7 Å². The monoisotopic (exact) mass is 546 g/mol. The summed E-state index contributed by atoms with van der Waals surface area (Å²) in [5.74, 6) is -0.862. The molecule has 190 valence electrons. The highest BCUT2D eigenvalue weighted by Crippen LogP contribution is 2.32. The maximum atomic E-state index is 13.2. The van der Waals surface area contributed by atoms with E-state index >= 15 is 0 Å². The van der Waals surface area contributed by atoms with E-state index in [1.165, 1.54) is 30.2 Å². The summed E-state index contributed by atoms with van der Waals surface area (Å²) in [5, 5.41) is 2.90. The number of hydrogen-bond acceptors (Lipinski definition) is 5. The number of hydrogen-bond donors (Lipinski definition) is 1. The van der Waals surface area contributed by atoms with Crippen LogP contribution in [0.2, 0.25) is 5.02 Å². The third-order valence-electron chi connectivity index (χ3n) is 5.36. The molecule has 0 aromatic heterocycles. The first-order chi connectivity index (χ1) is 17.6. The van der Waals surface area contributed by atoms with Crippen LogP contribution in [0, 0.1) is 0 Å². The number of rotatable bonds is 6. The zero-order chi connectivity index (χ0) is 26.7. The van der Waals surface area contributed by atoms with Gasteiger partial charge in [0.15, 0.2) is 5.11 Å². The normalized spacial score (nSPS) is 15.1. The number of alkyl halides is 3. The smallest absolute Gasteiger partial charge is 0.416 e. The molecule has 1 saturated heterocycles. The van der Waals surface area contributed by atoms with Crippen LogP contribution < -0.4 is 19.7 Å². The van der Waals surface area contributed by atoms with Crippen LogP contribution in [0.5, 0.6) is 11.5 Å². The van der Waals surface area contributed by atoms with E-state index in [0.29, 0.717) is 27.6 Å². The average Bonchev–Trinajstić information content (AvgIpc) is 2.86. The maximum absolute atomic E-state index is 13.2. The molecule has 1 fully saturated rings. The summed E-state index contributed by atoms with van der Waals surface area (Å²) < 4.78 is 49.9. The van der Waals surface area contributed by atoms with Crippen LogP contribution in [-0.4, -0.2) is 24.0 Å². The van der Waals surface area contributed by atoms with E-state index in [9.17, 15) is 22.8 Å². The molecule has 0 aliphatic carbocycles. The Morgan fingerprint density at radius 3 is 2.46 bits per heavy atom. The van der Waals surface area contributed by atoms with Crippen molar-refractivity contribution in [3.05, 3.63) is 94.0 Å². The largest absolute Gasteiger partial charge is 0.496 e. The third-order valence-corrected chi connectivity index (χ3v) is 5.89. The van der Waals surface area contributed by atoms with Crippen LogP contribution in [0.3, 0.4) is 0 Å². The van der Waals surface area contributed by atoms with Crippen molar-refractivity contribution < 1.29 is 32.2 Å². The number of methoxy groups -OCH3 is 1. The number of anilines is 1. The van der Waals surface area contributed by atoms with Gasteiger partial charge in [0.05, 0.1) is 18.4 Å². The van der Waals surface area contributed by atoms with Crippen LogP contribution in [0.15, 0.2) is 72.3 Å². The Kier molecular flexibility index (Phi) is 7.51. The number of halogens is 4. The van der Waals surface area contributed by atoms with E-state index in [1.807, 2.05) is 0 Å². The zero-order valence-corrected chi connectivity index (χ0v) is 20.7. The highest BCUT2D eigenvalue weighted by atomic mass is 35.5. The van der Waals surface area contributed by atoms with E-state index in [0.717, 1.165) is 12.1 Å². The molecular formula is C26H18ClF3N2O4S. The van der Waals surface area contributed by atoms with Gasteiger partial charge in [-0.1, -0.05) is 23.7 Å². The van der Waals surface area contributed by atoms with E-state index in [-0.39, 0.29) is 23.0 Å². The van der Waals surface area contributed by atoms with E-state index < -0.39 is 23.6 Å². The second-order valence-electron chi connectivity index (χ2n) is 7.82. The second kappa shape index (κ2) is 10.6. The number of carbonyl (C=O) groups is 2. The predicted octanol–water partition coefficient (Wildman–Crippen LogP) is 5.78. The van der Waals surface area contributed by atoms with Crippen molar-refractivity contribution in [3.8, 4) is 11.5 Å². The Balaban J connectivity index is 1.61. The Hall–Kier alpha value is -3.89. The lowest BCUT2D eigenvalue weighted by Gasteiger charge is -2.29. The van der Waals surface area contributed by atoms with E-state index in [4.69, 9.17) is 33.3 Å². The Bertz CT molecular complexity index is 1410. The molecule has 0 radical (unpaired) electrons. The lowest BCUT2D eigenvalue weighted by molar-refractivity contribution is -0.137. The van der Waals surface area contributed by atoms with Crippen molar-refractivity contribution in [1.82, 2.24) is 5.32 Å². The van der Waals surface area contributed by atoms with Gasteiger partial charge in [-0.25, -0.2) is 0 Å². The van der Waals surface area contributed by atoms with Gasteiger partial charge in [-0.05, 0) is 78.5 Å². The van der Waals surface area contributed by atoms with Crippen molar-refractivity contribution in [2.24, 2.45) is 0 Å². The molecule has 0 spiro atoms. The fourth-order valence-corrected chi connectivity index (χ4v) is 3.98. The van der Waals surface area contributed by atoms with Crippen molar-refractivity contribution in [3.63, 3.8) is 0 Å². The lowest BCUT2D eigenvalue weighted by atomic mass is 10.0. The topological polar surface area (TPSA) is 67.9 Å². The molecule has 1 heterocycles. The van der Waals surface area contributed by atoms with Gasteiger partial charge in [0.1, 0.15) is 23.7 Å². The molecule has 0 bridgehead atoms. The van der Waals surface area contributed by atoms with Gasteiger partial charge in [0.2, 0.25) is 0 Å². The number of benzene rings is 3. The quantitative estimate of drug-likeness (QED) is 0.241. The van der Waals surface area contributed by atoms with Gasteiger partial charge in [0, 0.05) is 10.6 Å².